The summed E-state index contributed by atoms with van der Waals surface area (Å²) in [5.74, 6) is 1.51. The van der Waals surface area contributed by atoms with Crippen LogP contribution in [0.15, 0.2) is 18.3 Å². The van der Waals surface area contributed by atoms with E-state index < -0.39 is 0 Å². The number of hydrogen-bond donors (Lipinski definition) is 0. The Hall–Kier alpha value is -1.97. The Balaban J connectivity index is 2.36. The maximum absolute atomic E-state index is 11.5. The molecule has 1 aromatic heterocycles. The van der Waals surface area contributed by atoms with Crippen LogP contribution in [0.25, 0.3) is 10.9 Å². The van der Waals surface area contributed by atoms with Gasteiger partial charge in [-0.2, -0.15) is 0 Å². The molecule has 4 heteroatoms. The largest absolute Gasteiger partial charge is 0.454 e. The van der Waals surface area contributed by atoms with E-state index in [0.29, 0.717) is 5.75 Å². The van der Waals surface area contributed by atoms with Gasteiger partial charge in [-0.15, -0.1) is 0 Å². The molecule has 0 fully saturated rings. The number of Topliss-reactive ketones (excluding diaryl/α,β-unsaturated/α-hetero) is 1. The van der Waals surface area contributed by atoms with E-state index in [1.54, 1.807) is 6.92 Å². The second-order valence-electron chi connectivity index (χ2n) is 3.93. The van der Waals surface area contributed by atoms with Crippen LogP contribution in [0, 0.1) is 0 Å². The van der Waals surface area contributed by atoms with E-state index >= 15 is 0 Å². The van der Waals surface area contributed by atoms with Gasteiger partial charge in [0.05, 0.1) is 5.52 Å². The van der Waals surface area contributed by atoms with Crippen molar-refractivity contribution >= 4 is 16.7 Å². The van der Waals surface area contributed by atoms with E-state index in [1.165, 1.54) is 0 Å². The smallest absolute Gasteiger partial charge is 0.231 e. The summed E-state index contributed by atoms with van der Waals surface area (Å²) in [6, 6.07) is 3.78. The van der Waals surface area contributed by atoms with Crippen LogP contribution in [-0.2, 0) is 7.05 Å². The highest BCUT2D eigenvalue weighted by Crippen LogP contribution is 2.37. The Morgan fingerprint density at radius 1 is 1.31 bits per heavy atom. The fourth-order valence-corrected chi connectivity index (χ4v) is 2.05. The molecule has 0 saturated carbocycles. The molecule has 1 aliphatic heterocycles. The number of aryl methyl sites for hydroxylation is 1. The van der Waals surface area contributed by atoms with Crippen molar-refractivity contribution in [2.45, 2.75) is 6.92 Å². The molecular formula is C12H11NO3. The molecule has 82 valence electrons. The molecule has 3 rings (SSSR count). The summed E-state index contributed by atoms with van der Waals surface area (Å²) in [5.41, 5.74) is 1.70. The zero-order valence-electron chi connectivity index (χ0n) is 9.11. The van der Waals surface area contributed by atoms with Gasteiger partial charge in [0, 0.05) is 30.3 Å². The highest BCUT2D eigenvalue weighted by Gasteiger charge is 2.18. The van der Waals surface area contributed by atoms with E-state index in [4.69, 9.17) is 9.47 Å². The van der Waals surface area contributed by atoms with Crippen LogP contribution in [0.2, 0.25) is 0 Å². The molecular weight excluding hydrogens is 206 g/mol. The van der Waals surface area contributed by atoms with Gasteiger partial charge in [-0.25, -0.2) is 0 Å². The van der Waals surface area contributed by atoms with Crippen molar-refractivity contribution in [2.75, 3.05) is 6.79 Å². The summed E-state index contributed by atoms with van der Waals surface area (Å²) < 4.78 is 12.5. The third kappa shape index (κ3) is 1.13. The van der Waals surface area contributed by atoms with Crippen LogP contribution >= 0.6 is 0 Å². The van der Waals surface area contributed by atoms with Crippen molar-refractivity contribution in [2.24, 2.45) is 7.05 Å². The number of aromatic nitrogens is 1. The third-order valence-corrected chi connectivity index (χ3v) is 2.86. The van der Waals surface area contributed by atoms with Gasteiger partial charge in [0.2, 0.25) is 6.79 Å². The van der Waals surface area contributed by atoms with E-state index in [0.717, 1.165) is 22.2 Å². The minimum atomic E-state index is 0.0597. The molecule has 1 aliphatic rings. The number of hydrogen-bond acceptors (Lipinski definition) is 3. The number of fused-ring (bicyclic) bond motifs is 2. The predicted octanol–water partition coefficient (Wildman–Crippen LogP) is 2.11. The fraction of sp³-hybridized carbons (Fsp3) is 0.250. The average molecular weight is 217 g/mol. The Kier molecular flexibility index (Phi) is 1.74. The van der Waals surface area contributed by atoms with Crippen molar-refractivity contribution in [1.82, 2.24) is 4.57 Å². The van der Waals surface area contributed by atoms with E-state index in [1.807, 2.05) is 29.9 Å². The molecule has 4 nitrogen and oxygen atoms in total. The normalized spacial score (nSPS) is 13.4. The van der Waals surface area contributed by atoms with Crippen molar-refractivity contribution in [3.8, 4) is 11.5 Å². The van der Waals surface area contributed by atoms with Crippen LogP contribution in [0.1, 0.15) is 17.3 Å². The molecule has 0 amide bonds. The molecule has 2 heterocycles. The fourth-order valence-electron chi connectivity index (χ4n) is 2.05. The number of benzene rings is 1. The van der Waals surface area contributed by atoms with Gasteiger partial charge in [0.15, 0.2) is 17.3 Å². The van der Waals surface area contributed by atoms with Gasteiger partial charge >= 0.3 is 0 Å². The number of ether oxygens (including phenoxy) is 2. The molecule has 0 saturated heterocycles. The Bertz CT molecular complexity index is 598. The number of nitrogens with zero attached hydrogens (tertiary/aromatic N) is 1. The SMILES string of the molecule is CC(=O)c1cn(C)c2cc3c(cc12)OCO3. The second-order valence-corrected chi connectivity index (χ2v) is 3.93. The first kappa shape index (κ1) is 9.27. The van der Waals surface area contributed by atoms with Gasteiger partial charge in [0.25, 0.3) is 0 Å². The molecule has 0 bridgehead atoms. The van der Waals surface area contributed by atoms with Crippen LogP contribution in [-0.4, -0.2) is 17.1 Å². The van der Waals surface area contributed by atoms with Crippen molar-refractivity contribution in [1.29, 1.82) is 0 Å². The maximum Gasteiger partial charge on any atom is 0.231 e. The van der Waals surface area contributed by atoms with Gasteiger partial charge in [-0.05, 0) is 13.0 Å². The van der Waals surface area contributed by atoms with Crippen molar-refractivity contribution in [3.63, 3.8) is 0 Å². The Morgan fingerprint density at radius 3 is 2.69 bits per heavy atom. The van der Waals surface area contributed by atoms with Crippen LogP contribution in [0.3, 0.4) is 0 Å². The zero-order valence-corrected chi connectivity index (χ0v) is 9.11. The van der Waals surface area contributed by atoms with Crippen LogP contribution in [0.4, 0.5) is 0 Å². The number of carbonyl (C=O) groups is 1. The standard InChI is InChI=1S/C12H11NO3/c1-7(14)9-5-13(2)10-4-12-11(3-8(9)10)15-6-16-12/h3-5H,6H2,1-2H3. The van der Waals surface area contributed by atoms with E-state index in [9.17, 15) is 4.79 Å². The lowest BCUT2D eigenvalue weighted by molar-refractivity contribution is 0.101. The molecule has 0 aliphatic carbocycles. The molecule has 0 N–H and O–H groups in total. The molecule has 1 aromatic carbocycles. The van der Waals surface area contributed by atoms with Crippen LogP contribution < -0.4 is 9.47 Å². The lowest BCUT2D eigenvalue weighted by Gasteiger charge is -1.99. The summed E-state index contributed by atoms with van der Waals surface area (Å²) in [7, 11) is 1.91. The van der Waals surface area contributed by atoms with E-state index in [2.05, 4.69) is 0 Å². The quantitative estimate of drug-likeness (QED) is 0.687. The average Bonchev–Trinajstić information content (AvgIpc) is 2.80. The first-order valence-corrected chi connectivity index (χ1v) is 5.06. The van der Waals surface area contributed by atoms with Gasteiger partial charge in [-0.3, -0.25) is 4.79 Å². The van der Waals surface area contributed by atoms with Gasteiger partial charge in [0.1, 0.15) is 0 Å². The summed E-state index contributed by atoms with van der Waals surface area (Å²) in [6.07, 6.45) is 1.84. The highest BCUT2D eigenvalue weighted by atomic mass is 16.7. The summed E-state index contributed by atoms with van der Waals surface area (Å²) in [4.78, 5) is 11.5. The summed E-state index contributed by atoms with van der Waals surface area (Å²) >= 11 is 0. The van der Waals surface area contributed by atoms with Gasteiger partial charge in [-0.1, -0.05) is 0 Å². The second kappa shape index (κ2) is 3.01. The van der Waals surface area contributed by atoms with Crippen LogP contribution in [0.5, 0.6) is 11.5 Å². The highest BCUT2D eigenvalue weighted by molar-refractivity contribution is 6.07. The Morgan fingerprint density at radius 2 is 2.00 bits per heavy atom. The number of ketones is 1. The van der Waals surface area contributed by atoms with Gasteiger partial charge < -0.3 is 14.0 Å². The monoisotopic (exact) mass is 217 g/mol. The molecule has 0 spiro atoms. The maximum atomic E-state index is 11.5. The van der Waals surface area contributed by atoms with Crippen molar-refractivity contribution < 1.29 is 14.3 Å². The number of rotatable bonds is 1. The van der Waals surface area contributed by atoms with Crippen molar-refractivity contribution in [3.05, 3.63) is 23.9 Å². The first-order chi connectivity index (χ1) is 7.66. The molecule has 0 unspecified atom stereocenters. The molecule has 2 aromatic rings. The topological polar surface area (TPSA) is 40.5 Å². The summed E-state index contributed by atoms with van der Waals surface area (Å²) in [5, 5.41) is 0.916. The first-order valence-electron chi connectivity index (χ1n) is 5.06. The molecule has 16 heavy (non-hydrogen) atoms. The minimum Gasteiger partial charge on any atom is -0.454 e. The third-order valence-electron chi connectivity index (χ3n) is 2.86. The summed E-state index contributed by atoms with van der Waals surface area (Å²) in [6.45, 7) is 1.82. The zero-order chi connectivity index (χ0) is 11.3. The Labute approximate surface area is 92.4 Å². The minimum absolute atomic E-state index is 0.0597. The lowest BCUT2D eigenvalue weighted by atomic mass is 10.1. The lowest BCUT2D eigenvalue weighted by Crippen LogP contribution is -1.93. The number of carbonyl (C=O) groups excluding carboxylic acids is 1. The molecule has 0 atom stereocenters. The van der Waals surface area contributed by atoms with E-state index in [-0.39, 0.29) is 12.6 Å². The molecule has 0 radical (unpaired) electrons. The predicted molar refractivity (Wildman–Crippen MR) is 59.0 cm³/mol.